The van der Waals surface area contributed by atoms with Crippen LogP contribution in [0.4, 0.5) is 0 Å². The van der Waals surface area contributed by atoms with Crippen molar-refractivity contribution in [2.24, 2.45) is 0 Å². The van der Waals surface area contributed by atoms with Gasteiger partial charge in [0.05, 0.1) is 0 Å². The van der Waals surface area contributed by atoms with E-state index in [9.17, 15) is 0 Å². The molecule has 3 heteroatoms. The van der Waals surface area contributed by atoms with Crippen molar-refractivity contribution in [3.05, 3.63) is 81.9 Å². The average molecular weight is 596 g/mol. The monoisotopic (exact) mass is 596 g/mol. The molecule has 0 nitrogen and oxygen atoms in total. The third-order valence-electron chi connectivity index (χ3n) is 9.41. The molecule has 0 aliphatic heterocycles. The fraction of sp³-hybridized carbons (Fsp3) is 0.346. The first-order valence-corrected chi connectivity index (χ1v) is 40.3. The molecule has 2 aromatic rings. The fourth-order valence-corrected chi connectivity index (χ4v) is 56.1. The third kappa shape index (κ3) is 2.39. The Bertz CT molecular complexity index is 1290. The Kier molecular flexibility index (Phi) is 2.81. The molecule has 0 fully saturated rings. The van der Waals surface area contributed by atoms with Crippen molar-refractivity contribution >= 4 is 33.1 Å². The Labute approximate surface area is 170 Å². The van der Waals surface area contributed by atoms with Crippen LogP contribution in [0.25, 0.3) is 12.2 Å². The second kappa shape index (κ2) is 3.80. The average Bonchev–Trinajstić information content (AvgIpc) is 3.11. The first-order valence-electron chi connectivity index (χ1n) is 10.8. The standard InChI is InChI=1S/2C10H9.C2H4.4CH3.2ClH.Hf/c2*1-8-6-9-4-2-3-5-10(9)7-8;1-2;;;;;;;/h2*2-7H,1H3;1H,2H3;4*1H3;2*1H;/q;;;;;;;;;+2/p-2. The van der Waals surface area contributed by atoms with Gasteiger partial charge < -0.3 is 0 Å². The Hall–Kier alpha value is -0.760. The van der Waals surface area contributed by atoms with Crippen molar-refractivity contribution in [3.63, 3.8) is 0 Å². The van der Waals surface area contributed by atoms with E-state index in [1.807, 2.05) is 0 Å². The molecule has 29 heavy (non-hydrogen) atoms. The first-order chi connectivity index (χ1) is 12.7. The zero-order chi connectivity index (χ0) is 21.7. The maximum atomic E-state index is 8.65. The molecule has 2 aliphatic carbocycles. The number of fused-ring (bicyclic) bond motifs is 2. The molecule has 0 heterocycles. The molecule has 0 saturated heterocycles. The van der Waals surface area contributed by atoms with Crippen molar-refractivity contribution in [1.29, 1.82) is 0 Å². The maximum absolute atomic E-state index is 8.65. The minimum atomic E-state index is -6.85. The van der Waals surface area contributed by atoms with E-state index >= 15 is 0 Å². The summed E-state index contributed by atoms with van der Waals surface area (Å²) in [5, 5.41) is 0. The van der Waals surface area contributed by atoms with Crippen LogP contribution in [0.2, 0.25) is 18.7 Å². The molecule has 0 spiro atoms. The van der Waals surface area contributed by atoms with E-state index in [0.29, 0.717) is 0 Å². The summed E-state index contributed by atoms with van der Waals surface area (Å²) in [4.78, 5) is 0. The molecule has 0 aromatic heterocycles. The quantitative estimate of drug-likeness (QED) is 0.303. The number of hydrogen-bond donors (Lipinski definition) is 0. The summed E-state index contributed by atoms with van der Waals surface area (Å²) in [7, 11) is 10.5. The summed E-state index contributed by atoms with van der Waals surface area (Å²) in [6, 6.07) is 17.2. The van der Waals surface area contributed by atoms with Gasteiger partial charge in [-0.1, -0.05) is 0 Å². The number of benzene rings is 2. The van der Waals surface area contributed by atoms with Crippen molar-refractivity contribution in [1.82, 2.24) is 0 Å². The van der Waals surface area contributed by atoms with Gasteiger partial charge in [-0.05, 0) is 0 Å². The molecule has 2 aromatic carbocycles. The topological polar surface area (TPSA) is 0 Å². The zero-order valence-corrected chi connectivity index (χ0v) is 23.9. The molecule has 4 rings (SSSR count). The van der Waals surface area contributed by atoms with E-state index in [0.717, 1.165) is 0 Å². The predicted molar refractivity (Wildman–Crippen MR) is 133 cm³/mol. The van der Waals surface area contributed by atoms with E-state index in [1.165, 1.54) is 33.4 Å². The van der Waals surface area contributed by atoms with Crippen LogP contribution in [0.5, 0.6) is 0 Å². The van der Waals surface area contributed by atoms with Gasteiger partial charge in [0.25, 0.3) is 0 Å². The fourth-order valence-electron chi connectivity index (χ4n) is 7.99. The van der Waals surface area contributed by atoms with Gasteiger partial charge in [-0.3, -0.25) is 0 Å². The SMILES string of the molecule is C[CH]=[Hf]([CH3])([CH3])([CH3])([CH3])([Cl])([Cl])([CH]1C(C)=Cc2ccccc21)[CH]1C(C)=Cc2ccccc21. The van der Waals surface area contributed by atoms with Gasteiger partial charge in [-0.25, -0.2) is 0 Å². The normalized spacial score (nSPS) is 28.1. The van der Waals surface area contributed by atoms with E-state index in [4.69, 9.17) is 17.2 Å². The van der Waals surface area contributed by atoms with Crippen LogP contribution in [-0.4, -0.2) is 3.76 Å². The third-order valence-corrected chi connectivity index (χ3v) is 62.4. The van der Waals surface area contributed by atoms with Gasteiger partial charge in [0.15, 0.2) is 0 Å². The Morgan fingerprint density at radius 2 is 1.03 bits per heavy atom. The van der Waals surface area contributed by atoms with E-state index in [2.05, 4.69) is 104 Å². The molecular formula is C26H34Cl2Hf. The van der Waals surface area contributed by atoms with Crippen molar-refractivity contribution < 1.29 is 9.78 Å². The molecule has 0 radical (unpaired) electrons. The van der Waals surface area contributed by atoms with Crippen LogP contribution in [0.3, 0.4) is 0 Å². The first kappa shape index (κ1) is 21.5. The van der Waals surface area contributed by atoms with Gasteiger partial charge in [-0.15, -0.1) is 0 Å². The molecule has 0 N–H and O–H groups in total. The van der Waals surface area contributed by atoms with E-state index in [-0.39, 0.29) is 7.35 Å². The summed E-state index contributed by atoms with van der Waals surface area (Å²) >= 11 is 0. The second-order valence-electron chi connectivity index (χ2n) is 15.4. The van der Waals surface area contributed by atoms with Crippen molar-refractivity contribution in [2.75, 3.05) is 0 Å². The van der Waals surface area contributed by atoms with Crippen LogP contribution in [0.15, 0.2) is 59.7 Å². The number of halogens is 2. The van der Waals surface area contributed by atoms with Gasteiger partial charge in [0, 0.05) is 0 Å². The minimum absolute atomic E-state index is 0.124. The van der Waals surface area contributed by atoms with E-state index < -0.39 is 9.78 Å². The van der Waals surface area contributed by atoms with Gasteiger partial charge >= 0.3 is 172 Å². The van der Waals surface area contributed by atoms with E-state index in [1.54, 1.807) is 0 Å². The summed E-state index contributed by atoms with van der Waals surface area (Å²) in [6.45, 7) is 6.49. The van der Waals surface area contributed by atoms with Gasteiger partial charge in [-0.2, -0.15) is 0 Å². The molecule has 2 atom stereocenters. The Morgan fingerprint density at radius 1 is 0.690 bits per heavy atom. The molecule has 0 amide bonds. The summed E-state index contributed by atoms with van der Waals surface area (Å²) in [5.74, 6) is 0. The van der Waals surface area contributed by atoms with Crippen LogP contribution in [0.1, 0.15) is 50.4 Å². The Morgan fingerprint density at radius 3 is 1.38 bits per heavy atom. The number of hydrogen-bond acceptors (Lipinski definition) is 0. The molecule has 156 valence electrons. The molecule has 2 unspecified atom stereocenters. The number of rotatable bonds is 2. The molecule has 2 aliphatic rings. The molecule has 0 bridgehead atoms. The Balaban J connectivity index is 2.34. The summed E-state index contributed by atoms with van der Waals surface area (Å²) in [6.07, 6.45) is 4.55. The molecular weight excluding hydrogens is 562 g/mol. The summed E-state index contributed by atoms with van der Waals surface area (Å²) in [5.41, 5.74) is 7.38. The molecule has 0 saturated carbocycles. The second-order valence-corrected chi connectivity index (χ2v) is 128. The van der Waals surface area contributed by atoms with Crippen LogP contribution in [0, 0.1) is 0 Å². The van der Waals surface area contributed by atoms with Gasteiger partial charge in [0.1, 0.15) is 0 Å². The zero-order valence-electron chi connectivity index (χ0n) is 18.8. The van der Waals surface area contributed by atoms with Gasteiger partial charge in [0.2, 0.25) is 0 Å². The predicted octanol–water partition coefficient (Wildman–Crippen LogP) is 9.46. The van der Waals surface area contributed by atoms with Crippen molar-refractivity contribution in [2.45, 2.75) is 46.8 Å². The van der Waals surface area contributed by atoms with Crippen molar-refractivity contribution in [3.8, 4) is 0 Å². The van der Waals surface area contributed by atoms with Crippen LogP contribution >= 0.6 is 17.2 Å². The summed E-state index contributed by atoms with van der Waals surface area (Å²) < 4.78 is 11.0. The van der Waals surface area contributed by atoms with Crippen LogP contribution < -0.4 is 0 Å². The number of allylic oxidation sites excluding steroid dienone is 2. The van der Waals surface area contributed by atoms with Crippen LogP contribution in [-0.2, 0) is 9.78 Å².